The molecule has 1 saturated carbocycles. The lowest BCUT2D eigenvalue weighted by atomic mass is 9.96. The molecule has 2 aliphatic rings. The van der Waals surface area contributed by atoms with E-state index < -0.39 is 4.92 Å². The van der Waals surface area contributed by atoms with Crippen LogP contribution in [0.3, 0.4) is 0 Å². The lowest BCUT2D eigenvalue weighted by molar-refractivity contribution is -0.385. The Bertz CT molecular complexity index is 702. The lowest BCUT2D eigenvalue weighted by Crippen LogP contribution is -2.33. The Hall–Kier alpha value is -2.51. The molecule has 1 aliphatic carbocycles. The Balaban J connectivity index is 1.38. The molecule has 0 aromatic carbocycles. The summed E-state index contributed by atoms with van der Waals surface area (Å²) in [4.78, 5) is 21.1. The van der Waals surface area contributed by atoms with Crippen LogP contribution >= 0.6 is 0 Å². The average Bonchev–Trinajstić information content (AvgIpc) is 3.32. The van der Waals surface area contributed by atoms with Crippen molar-refractivity contribution in [1.82, 2.24) is 15.1 Å². The second-order valence-electron chi connectivity index (χ2n) is 6.16. The van der Waals surface area contributed by atoms with Crippen molar-refractivity contribution < 1.29 is 9.45 Å². The van der Waals surface area contributed by atoms with Gasteiger partial charge >= 0.3 is 0 Å². The minimum absolute atomic E-state index is 0.0167. The molecule has 0 N–H and O–H groups in total. The molecule has 8 heteroatoms. The van der Waals surface area contributed by atoms with Crippen molar-refractivity contribution in [2.24, 2.45) is 0 Å². The van der Waals surface area contributed by atoms with Gasteiger partial charge in [0.1, 0.15) is 12.0 Å². The third kappa shape index (κ3) is 2.88. The van der Waals surface area contributed by atoms with E-state index in [1.165, 1.54) is 12.3 Å². The third-order valence-electron chi connectivity index (χ3n) is 4.51. The number of pyridine rings is 1. The number of hydrogen-bond acceptors (Lipinski definition) is 7. The first kappa shape index (κ1) is 14.1. The molecule has 1 aliphatic heterocycles. The van der Waals surface area contributed by atoms with E-state index in [-0.39, 0.29) is 5.69 Å². The third-order valence-corrected chi connectivity index (χ3v) is 4.51. The first-order valence-electron chi connectivity index (χ1n) is 7.89. The van der Waals surface area contributed by atoms with Gasteiger partial charge in [0.15, 0.2) is 5.82 Å². The first-order valence-corrected chi connectivity index (χ1v) is 7.89. The topological polar surface area (TPSA) is 98.2 Å². The smallest absolute Gasteiger partial charge is 0.287 e. The molecular formula is C15H17N5O3. The molecule has 3 heterocycles. The van der Waals surface area contributed by atoms with Gasteiger partial charge in [0, 0.05) is 31.0 Å². The van der Waals surface area contributed by atoms with Gasteiger partial charge in [0.25, 0.3) is 5.69 Å². The molecule has 2 aromatic heterocycles. The predicted molar refractivity (Wildman–Crippen MR) is 81.4 cm³/mol. The molecule has 0 spiro atoms. The summed E-state index contributed by atoms with van der Waals surface area (Å²) in [5.74, 6) is 3.20. The van der Waals surface area contributed by atoms with Crippen molar-refractivity contribution >= 4 is 11.5 Å². The van der Waals surface area contributed by atoms with Crippen LogP contribution in [-0.2, 0) is 0 Å². The van der Waals surface area contributed by atoms with Gasteiger partial charge in [0.2, 0.25) is 5.89 Å². The maximum atomic E-state index is 10.7. The molecule has 0 bridgehead atoms. The second-order valence-corrected chi connectivity index (χ2v) is 6.16. The van der Waals surface area contributed by atoms with Crippen molar-refractivity contribution in [2.45, 2.75) is 37.5 Å². The molecule has 0 radical (unpaired) electrons. The SMILES string of the molecule is O=[N+]([O-])c1ccc(N2CCC(c3noc(C4CC4)n3)CC2)nc1. The van der Waals surface area contributed by atoms with Crippen LogP contribution in [0.15, 0.2) is 22.9 Å². The van der Waals surface area contributed by atoms with Crippen LogP contribution in [0.25, 0.3) is 0 Å². The predicted octanol–water partition coefficient (Wildman–Crippen LogP) is 2.63. The zero-order valence-electron chi connectivity index (χ0n) is 12.6. The van der Waals surface area contributed by atoms with Gasteiger partial charge in [-0.25, -0.2) is 4.98 Å². The summed E-state index contributed by atoms with van der Waals surface area (Å²) >= 11 is 0. The molecule has 1 saturated heterocycles. The first-order chi connectivity index (χ1) is 11.2. The average molecular weight is 315 g/mol. The quantitative estimate of drug-likeness (QED) is 0.631. The highest BCUT2D eigenvalue weighted by Crippen LogP contribution is 2.40. The van der Waals surface area contributed by atoms with Crippen LogP contribution in [0.1, 0.15) is 49.2 Å². The fourth-order valence-electron chi connectivity index (χ4n) is 2.95. The Morgan fingerprint density at radius 2 is 1.96 bits per heavy atom. The molecule has 8 nitrogen and oxygen atoms in total. The highest BCUT2D eigenvalue weighted by atomic mass is 16.6. The van der Waals surface area contributed by atoms with Crippen LogP contribution in [0.4, 0.5) is 11.5 Å². The van der Waals surface area contributed by atoms with E-state index >= 15 is 0 Å². The summed E-state index contributed by atoms with van der Waals surface area (Å²) in [6.45, 7) is 1.67. The van der Waals surface area contributed by atoms with E-state index in [1.54, 1.807) is 6.07 Å². The number of hydrogen-bond donors (Lipinski definition) is 0. The zero-order chi connectivity index (χ0) is 15.8. The Labute approximate surface area is 132 Å². The van der Waals surface area contributed by atoms with Gasteiger partial charge in [-0.1, -0.05) is 5.16 Å². The Morgan fingerprint density at radius 3 is 2.57 bits per heavy atom. The van der Waals surface area contributed by atoms with Crippen LogP contribution in [0.2, 0.25) is 0 Å². The number of anilines is 1. The summed E-state index contributed by atoms with van der Waals surface area (Å²) in [6, 6.07) is 3.20. The molecule has 4 rings (SSSR count). The van der Waals surface area contributed by atoms with Crippen LogP contribution in [0.5, 0.6) is 0 Å². The van der Waals surface area contributed by atoms with Crippen molar-refractivity contribution in [1.29, 1.82) is 0 Å². The van der Waals surface area contributed by atoms with E-state index in [0.717, 1.165) is 56.3 Å². The molecule has 23 heavy (non-hydrogen) atoms. The van der Waals surface area contributed by atoms with Crippen LogP contribution < -0.4 is 4.90 Å². The van der Waals surface area contributed by atoms with Gasteiger partial charge in [-0.3, -0.25) is 10.1 Å². The number of aromatic nitrogens is 3. The van der Waals surface area contributed by atoms with Crippen molar-refractivity contribution in [3.63, 3.8) is 0 Å². The maximum absolute atomic E-state index is 10.7. The van der Waals surface area contributed by atoms with Gasteiger partial charge in [-0.15, -0.1) is 0 Å². The highest BCUT2D eigenvalue weighted by Gasteiger charge is 2.32. The van der Waals surface area contributed by atoms with Crippen LogP contribution in [-0.4, -0.2) is 33.1 Å². The highest BCUT2D eigenvalue weighted by molar-refractivity contribution is 5.43. The fourth-order valence-corrected chi connectivity index (χ4v) is 2.95. The van der Waals surface area contributed by atoms with E-state index in [9.17, 15) is 10.1 Å². The van der Waals surface area contributed by atoms with E-state index in [1.807, 2.05) is 0 Å². The second kappa shape index (κ2) is 5.60. The number of nitrogens with zero attached hydrogens (tertiary/aromatic N) is 5. The number of rotatable bonds is 4. The van der Waals surface area contributed by atoms with Crippen LogP contribution in [0, 0.1) is 10.1 Å². The van der Waals surface area contributed by atoms with E-state index in [0.29, 0.717) is 11.8 Å². The van der Waals surface area contributed by atoms with Crippen molar-refractivity contribution in [3.8, 4) is 0 Å². The van der Waals surface area contributed by atoms with E-state index in [4.69, 9.17) is 4.52 Å². The van der Waals surface area contributed by atoms with Gasteiger partial charge in [0.05, 0.1) is 4.92 Å². The summed E-state index contributed by atoms with van der Waals surface area (Å²) in [5, 5.41) is 14.8. The zero-order valence-corrected chi connectivity index (χ0v) is 12.6. The summed E-state index contributed by atoms with van der Waals surface area (Å²) in [5.41, 5.74) is 0.0167. The molecular weight excluding hydrogens is 298 g/mol. The Morgan fingerprint density at radius 1 is 1.17 bits per heavy atom. The molecule has 2 fully saturated rings. The monoisotopic (exact) mass is 315 g/mol. The molecule has 0 atom stereocenters. The van der Waals surface area contributed by atoms with Gasteiger partial charge < -0.3 is 9.42 Å². The van der Waals surface area contributed by atoms with Crippen molar-refractivity contribution in [2.75, 3.05) is 18.0 Å². The summed E-state index contributed by atoms with van der Waals surface area (Å²) < 4.78 is 5.34. The minimum atomic E-state index is -0.434. The normalized spacial score (nSPS) is 19.0. The number of piperidine rings is 1. The van der Waals surface area contributed by atoms with E-state index in [2.05, 4.69) is 20.0 Å². The molecule has 0 amide bonds. The molecule has 2 aromatic rings. The van der Waals surface area contributed by atoms with Crippen molar-refractivity contribution in [3.05, 3.63) is 40.2 Å². The summed E-state index contributed by atoms with van der Waals surface area (Å²) in [6.07, 6.45) is 5.49. The van der Waals surface area contributed by atoms with Gasteiger partial charge in [-0.2, -0.15) is 4.98 Å². The summed E-state index contributed by atoms with van der Waals surface area (Å²) in [7, 11) is 0. The molecule has 0 unspecified atom stereocenters. The fraction of sp³-hybridized carbons (Fsp3) is 0.533. The van der Waals surface area contributed by atoms with Gasteiger partial charge in [-0.05, 0) is 31.7 Å². The standard InChI is InChI=1S/C15H17N5O3/c21-20(22)12-3-4-13(16-9-12)19-7-5-10(6-8-19)14-17-15(23-18-14)11-1-2-11/h3-4,9-11H,1-2,5-8H2. The maximum Gasteiger partial charge on any atom is 0.287 e. The largest absolute Gasteiger partial charge is 0.357 e. The number of nitro groups is 1. The Kier molecular flexibility index (Phi) is 3.44. The minimum Gasteiger partial charge on any atom is -0.357 e. The lowest BCUT2D eigenvalue weighted by Gasteiger charge is -2.31. The molecule has 120 valence electrons.